The Labute approximate surface area is 169 Å². The van der Waals surface area contributed by atoms with Crippen LogP contribution in [0.1, 0.15) is 25.1 Å². The molecule has 8 nitrogen and oxygen atoms in total. The molecule has 1 amide bonds. The molecule has 1 fully saturated rings. The van der Waals surface area contributed by atoms with Crippen molar-refractivity contribution in [2.45, 2.75) is 38.3 Å². The lowest BCUT2D eigenvalue weighted by Gasteiger charge is -2.32. The standard InChI is InChI=1S/C21H25N5O3/c27-20(9-14-26-13-5-11-22-26)25-12-4-8-18(16-25)28-15-10-19-23-21(29-24-19)17-6-2-1-3-7-17/h1-3,5-7,11,13,18H,4,8-10,12,14-16H2. The van der Waals surface area contributed by atoms with Gasteiger partial charge < -0.3 is 14.2 Å². The Morgan fingerprint density at radius 3 is 2.97 bits per heavy atom. The van der Waals surface area contributed by atoms with Crippen molar-refractivity contribution >= 4 is 5.91 Å². The van der Waals surface area contributed by atoms with Crippen LogP contribution in [0.25, 0.3) is 11.5 Å². The molecule has 3 heterocycles. The van der Waals surface area contributed by atoms with Crippen LogP contribution < -0.4 is 0 Å². The van der Waals surface area contributed by atoms with E-state index in [1.54, 1.807) is 10.9 Å². The first kappa shape index (κ1) is 19.3. The molecule has 3 aromatic rings. The first-order chi connectivity index (χ1) is 14.3. The number of piperidine rings is 1. The van der Waals surface area contributed by atoms with E-state index in [1.165, 1.54) is 0 Å². The van der Waals surface area contributed by atoms with Crippen LogP contribution in [-0.2, 0) is 22.5 Å². The summed E-state index contributed by atoms with van der Waals surface area (Å²) >= 11 is 0. The van der Waals surface area contributed by atoms with E-state index in [9.17, 15) is 4.79 Å². The van der Waals surface area contributed by atoms with Crippen molar-refractivity contribution < 1.29 is 14.1 Å². The fourth-order valence-electron chi connectivity index (χ4n) is 3.47. The average Bonchev–Trinajstić information content (AvgIpc) is 3.45. The van der Waals surface area contributed by atoms with Crippen molar-refractivity contribution in [2.75, 3.05) is 19.7 Å². The molecule has 1 atom stereocenters. The molecule has 0 N–H and O–H groups in total. The van der Waals surface area contributed by atoms with Crippen molar-refractivity contribution in [3.05, 3.63) is 54.6 Å². The zero-order valence-corrected chi connectivity index (χ0v) is 16.3. The highest BCUT2D eigenvalue weighted by Crippen LogP contribution is 2.17. The highest BCUT2D eigenvalue weighted by molar-refractivity contribution is 5.76. The van der Waals surface area contributed by atoms with Gasteiger partial charge in [0.2, 0.25) is 5.91 Å². The van der Waals surface area contributed by atoms with Crippen molar-refractivity contribution in [1.82, 2.24) is 24.8 Å². The van der Waals surface area contributed by atoms with Gasteiger partial charge in [-0.05, 0) is 31.0 Å². The van der Waals surface area contributed by atoms with Crippen molar-refractivity contribution in [2.24, 2.45) is 0 Å². The largest absolute Gasteiger partial charge is 0.376 e. The maximum absolute atomic E-state index is 12.5. The first-order valence-electron chi connectivity index (χ1n) is 10.0. The molecule has 1 aliphatic rings. The number of carbonyl (C=O) groups excluding carboxylic acids is 1. The van der Waals surface area contributed by atoms with Gasteiger partial charge in [-0.1, -0.05) is 23.4 Å². The first-order valence-corrected chi connectivity index (χ1v) is 10.0. The molecule has 0 saturated carbocycles. The van der Waals surface area contributed by atoms with Gasteiger partial charge in [-0.2, -0.15) is 10.1 Å². The predicted molar refractivity (Wildman–Crippen MR) is 106 cm³/mol. The molecule has 0 bridgehead atoms. The van der Waals surface area contributed by atoms with Gasteiger partial charge in [0, 0.05) is 50.4 Å². The van der Waals surface area contributed by atoms with Gasteiger partial charge in [0.15, 0.2) is 5.82 Å². The number of rotatable bonds is 8. The molecule has 1 aromatic carbocycles. The summed E-state index contributed by atoms with van der Waals surface area (Å²) in [6, 6.07) is 11.6. The molecule has 1 saturated heterocycles. The van der Waals surface area contributed by atoms with Crippen LogP contribution in [0.15, 0.2) is 53.3 Å². The van der Waals surface area contributed by atoms with E-state index in [-0.39, 0.29) is 12.0 Å². The average molecular weight is 395 g/mol. The Balaban J connectivity index is 1.21. The molecule has 4 rings (SSSR count). The second kappa shape index (κ2) is 9.47. The van der Waals surface area contributed by atoms with Crippen molar-refractivity contribution in [1.29, 1.82) is 0 Å². The molecule has 1 aliphatic heterocycles. The number of benzene rings is 1. The maximum Gasteiger partial charge on any atom is 0.257 e. The summed E-state index contributed by atoms with van der Waals surface area (Å²) in [5.74, 6) is 1.30. The van der Waals surface area contributed by atoms with Gasteiger partial charge in [-0.25, -0.2) is 0 Å². The van der Waals surface area contributed by atoms with Crippen LogP contribution in [0.5, 0.6) is 0 Å². The lowest BCUT2D eigenvalue weighted by atomic mass is 10.1. The summed E-state index contributed by atoms with van der Waals surface area (Å²) in [5, 5.41) is 8.17. The topological polar surface area (TPSA) is 86.3 Å². The Morgan fingerprint density at radius 2 is 2.14 bits per heavy atom. The van der Waals surface area contributed by atoms with Crippen molar-refractivity contribution in [3.8, 4) is 11.5 Å². The molecular weight excluding hydrogens is 370 g/mol. The van der Waals surface area contributed by atoms with Gasteiger partial charge >= 0.3 is 0 Å². The van der Waals surface area contributed by atoms with E-state index in [2.05, 4.69) is 15.2 Å². The van der Waals surface area contributed by atoms with Gasteiger partial charge in [0.1, 0.15) is 0 Å². The second-order valence-corrected chi connectivity index (χ2v) is 7.13. The molecule has 0 radical (unpaired) electrons. The van der Waals surface area contributed by atoms with Crippen LogP contribution in [-0.4, -0.2) is 56.5 Å². The fraction of sp³-hybridized carbons (Fsp3) is 0.429. The van der Waals surface area contributed by atoms with E-state index in [4.69, 9.17) is 9.26 Å². The summed E-state index contributed by atoms with van der Waals surface area (Å²) in [7, 11) is 0. The van der Waals surface area contributed by atoms with Gasteiger partial charge in [0.05, 0.1) is 12.7 Å². The second-order valence-electron chi connectivity index (χ2n) is 7.13. The Hall–Kier alpha value is -3.00. The van der Waals surface area contributed by atoms with Gasteiger partial charge in [-0.3, -0.25) is 9.48 Å². The third kappa shape index (κ3) is 5.29. The number of nitrogens with zero attached hydrogens (tertiary/aromatic N) is 5. The molecule has 29 heavy (non-hydrogen) atoms. The van der Waals surface area contributed by atoms with Crippen LogP contribution >= 0.6 is 0 Å². The van der Waals surface area contributed by atoms with Crippen LogP contribution in [0.3, 0.4) is 0 Å². The van der Waals surface area contributed by atoms with Gasteiger partial charge in [-0.15, -0.1) is 0 Å². The van der Waals surface area contributed by atoms with E-state index in [0.717, 1.165) is 24.9 Å². The zero-order valence-electron chi connectivity index (χ0n) is 16.3. The predicted octanol–water partition coefficient (Wildman–Crippen LogP) is 2.57. The Morgan fingerprint density at radius 1 is 1.24 bits per heavy atom. The van der Waals surface area contributed by atoms with E-state index < -0.39 is 0 Å². The Kier molecular flexibility index (Phi) is 6.31. The summed E-state index contributed by atoms with van der Waals surface area (Å²) in [6.07, 6.45) is 6.61. The number of carbonyl (C=O) groups is 1. The maximum atomic E-state index is 12.5. The number of hydrogen-bond donors (Lipinski definition) is 0. The number of amides is 1. The van der Waals surface area contributed by atoms with E-state index >= 15 is 0 Å². The lowest BCUT2D eigenvalue weighted by molar-refractivity contribution is -0.135. The molecular formula is C21H25N5O3. The minimum absolute atomic E-state index is 0.0536. The van der Waals surface area contributed by atoms with Gasteiger partial charge in [0.25, 0.3) is 5.89 Å². The SMILES string of the molecule is O=C(CCn1cccn1)N1CCCC(OCCc2noc(-c3ccccc3)n2)C1. The number of aromatic nitrogens is 4. The smallest absolute Gasteiger partial charge is 0.257 e. The minimum Gasteiger partial charge on any atom is -0.376 e. The third-order valence-corrected chi connectivity index (χ3v) is 5.01. The lowest BCUT2D eigenvalue weighted by Crippen LogP contribution is -2.43. The number of ether oxygens (including phenoxy) is 1. The van der Waals surface area contributed by atoms with Crippen LogP contribution in [0.2, 0.25) is 0 Å². The monoisotopic (exact) mass is 395 g/mol. The van der Waals surface area contributed by atoms with Crippen LogP contribution in [0.4, 0.5) is 0 Å². The highest BCUT2D eigenvalue weighted by atomic mass is 16.5. The highest BCUT2D eigenvalue weighted by Gasteiger charge is 2.24. The summed E-state index contributed by atoms with van der Waals surface area (Å²) in [5.41, 5.74) is 0.906. The number of likely N-dealkylation sites (tertiary alicyclic amines) is 1. The van der Waals surface area contributed by atoms with E-state index in [1.807, 2.05) is 47.5 Å². The third-order valence-electron chi connectivity index (χ3n) is 5.01. The quantitative estimate of drug-likeness (QED) is 0.583. The molecule has 1 unspecified atom stereocenters. The van der Waals surface area contributed by atoms with Crippen molar-refractivity contribution in [3.63, 3.8) is 0 Å². The summed E-state index contributed by atoms with van der Waals surface area (Å²) < 4.78 is 13.1. The molecule has 152 valence electrons. The minimum atomic E-state index is 0.0536. The summed E-state index contributed by atoms with van der Waals surface area (Å²) in [6.45, 7) is 2.55. The zero-order chi connectivity index (χ0) is 19.9. The van der Waals surface area contributed by atoms with E-state index in [0.29, 0.717) is 44.3 Å². The Bertz CT molecular complexity index is 894. The molecule has 8 heteroatoms. The molecule has 0 aliphatic carbocycles. The number of aryl methyl sites for hydroxylation is 1. The molecule has 0 spiro atoms. The molecule has 2 aromatic heterocycles. The van der Waals surface area contributed by atoms with Crippen LogP contribution in [0, 0.1) is 0 Å². The normalized spacial score (nSPS) is 16.8. The fourth-order valence-corrected chi connectivity index (χ4v) is 3.47. The number of hydrogen-bond acceptors (Lipinski definition) is 6. The summed E-state index contributed by atoms with van der Waals surface area (Å²) in [4.78, 5) is 18.8.